The van der Waals surface area contributed by atoms with E-state index in [4.69, 9.17) is 11.6 Å². The minimum atomic E-state index is -0.406. The first-order valence-corrected chi connectivity index (χ1v) is 6.76. The SMILES string of the molecule is CCC1NC(=O)CN(C(C)c2ccc(Cl)cc2)C1=O. The molecule has 0 aliphatic carbocycles. The van der Waals surface area contributed by atoms with Crippen molar-refractivity contribution < 1.29 is 9.59 Å². The summed E-state index contributed by atoms with van der Waals surface area (Å²) in [4.78, 5) is 25.5. The molecule has 0 spiro atoms. The Morgan fingerprint density at radius 3 is 2.58 bits per heavy atom. The van der Waals surface area contributed by atoms with E-state index in [2.05, 4.69) is 5.32 Å². The summed E-state index contributed by atoms with van der Waals surface area (Å²) in [5.41, 5.74) is 0.974. The van der Waals surface area contributed by atoms with Gasteiger partial charge in [0.05, 0.1) is 6.04 Å². The van der Waals surface area contributed by atoms with Crippen LogP contribution >= 0.6 is 11.6 Å². The van der Waals surface area contributed by atoms with Crippen molar-refractivity contribution in [2.24, 2.45) is 0 Å². The van der Waals surface area contributed by atoms with Crippen LogP contribution in [0.2, 0.25) is 5.02 Å². The average Bonchev–Trinajstić information content (AvgIpc) is 2.41. The lowest BCUT2D eigenvalue weighted by Gasteiger charge is -2.36. The van der Waals surface area contributed by atoms with Crippen molar-refractivity contribution in [2.75, 3.05) is 6.54 Å². The number of carbonyl (C=O) groups is 2. The Labute approximate surface area is 117 Å². The molecule has 4 nitrogen and oxygen atoms in total. The summed E-state index contributed by atoms with van der Waals surface area (Å²) in [6.07, 6.45) is 0.606. The normalized spacial score (nSPS) is 21.2. The Morgan fingerprint density at radius 2 is 2.00 bits per heavy atom. The number of piperazine rings is 1. The highest BCUT2D eigenvalue weighted by molar-refractivity contribution is 6.30. The highest BCUT2D eigenvalue weighted by Crippen LogP contribution is 2.24. The standard InChI is InChI=1S/C14H17ClN2O2/c1-3-12-14(19)17(8-13(18)16-12)9(2)10-4-6-11(15)7-5-10/h4-7,9,12H,3,8H2,1-2H3,(H,16,18). The van der Waals surface area contributed by atoms with Gasteiger partial charge in [-0.3, -0.25) is 9.59 Å². The minimum Gasteiger partial charge on any atom is -0.343 e. The largest absolute Gasteiger partial charge is 0.343 e. The van der Waals surface area contributed by atoms with E-state index in [-0.39, 0.29) is 24.4 Å². The van der Waals surface area contributed by atoms with Crippen LogP contribution < -0.4 is 5.32 Å². The van der Waals surface area contributed by atoms with E-state index in [0.717, 1.165) is 5.56 Å². The minimum absolute atomic E-state index is 0.0236. The van der Waals surface area contributed by atoms with Crippen LogP contribution in [0.3, 0.4) is 0 Å². The second-order valence-electron chi connectivity index (χ2n) is 4.72. The maximum Gasteiger partial charge on any atom is 0.246 e. The molecule has 2 atom stereocenters. The molecule has 1 fully saturated rings. The molecular formula is C14H17ClN2O2. The van der Waals surface area contributed by atoms with Crippen LogP contribution in [0.4, 0.5) is 0 Å². The molecule has 5 heteroatoms. The van der Waals surface area contributed by atoms with Gasteiger partial charge in [-0.1, -0.05) is 30.7 Å². The number of hydrogen-bond acceptors (Lipinski definition) is 2. The lowest BCUT2D eigenvalue weighted by atomic mass is 10.0. The number of nitrogens with one attached hydrogen (secondary N) is 1. The molecule has 1 aromatic rings. The molecule has 2 rings (SSSR count). The number of nitrogens with zero attached hydrogens (tertiary/aromatic N) is 1. The number of hydrogen-bond donors (Lipinski definition) is 1. The van der Waals surface area contributed by atoms with Gasteiger partial charge < -0.3 is 10.2 Å². The van der Waals surface area contributed by atoms with Crippen molar-refractivity contribution in [3.8, 4) is 0 Å². The number of carbonyl (C=O) groups excluding carboxylic acids is 2. The molecular weight excluding hydrogens is 264 g/mol. The fourth-order valence-electron chi connectivity index (χ4n) is 2.26. The molecule has 1 heterocycles. The van der Waals surface area contributed by atoms with Crippen LogP contribution in [0.15, 0.2) is 24.3 Å². The van der Waals surface area contributed by atoms with Crippen LogP contribution in [0.5, 0.6) is 0 Å². The Hall–Kier alpha value is -1.55. The Bertz CT molecular complexity index is 487. The van der Waals surface area contributed by atoms with Gasteiger partial charge >= 0.3 is 0 Å². The number of amides is 2. The zero-order chi connectivity index (χ0) is 14.0. The third kappa shape index (κ3) is 2.89. The van der Waals surface area contributed by atoms with E-state index in [1.807, 2.05) is 26.0 Å². The maximum absolute atomic E-state index is 12.3. The van der Waals surface area contributed by atoms with Crippen LogP contribution in [0.25, 0.3) is 0 Å². The summed E-state index contributed by atoms with van der Waals surface area (Å²) in [7, 11) is 0. The van der Waals surface area contributed by atoms with Crippen molar-refractivity contribution in [1.29, 1.82) is 0 Å². The van der Waals surface area contributed by atoms with E-state index in [0.29, 0.717) is 11.4 Å². The van der Waals surface area contributed by atoms with Gasteiger partial charge in [0.25, 0.3) is 0 Å². The van der Waals surface area contributed by atoms with Crippen molar-refractivity contribution in [1.82, 2.24) is 10.2 Å². The van der Waals surface area contributed by atoms with E-state index in [1.165, 1.54) is 0 Å². The van der Waals surface area contributed by atoms with Gasteiger partial charge in [-0.15, -0.1) is 0 Å². The number of benzene rings is 1. The zero-order valence-electron chi connectivity index (χ0n) is 11.0. The van der Waals surface area contributed by atoms with Crippen molar-refractivity contribution in [3.63, 3.8) is 0 Å². The highest BCUT2D eigenvalue weighted by atomic mass is 35.5. The monoisotopic (exact) mass is 280 g/mol. The first kappa shape index (κ1) is 13.9. The van der Waals surface area contributed by atoms with Crippen LogP contribution in [-0.2, 0) is 9.59 Å². The van der Waals surface area contributed by atoms with Gasteiger partial charge in [0.1, 0.15) is 12.6 Å². The van der Waals surface area contributed by atoms with Gasteiger partial charge in [0, 0.05) is 5.02 Å². The average molecular weight is 281 g/mol. The summed E-state index contributed by atoms with van der Waals surface area (Å²) < 4.78 is 0. The van der Waals surface area contributed by atoms with Crippen LogP contribution in [0, 0.1) is 0 Å². The second kappa shape index (κ2) is 5.61. The Kier molecular flexibility index (Phi) is 4.10. The summed E-state index contributed by atoms with van der Waals surface area (Å²) in [6.45, 7) is 3.92. The molecule has 0 bridgehead atoms. The third-order valence-electron chi connectivity index (χ3n) is 3.46. The summed E-state index contributed by atoms with van der Waals surface area (Å²) in [5.74, 6) is -0.128. The van der Waals surface area contributed by atoms with Crippen LogP contribution in [0.1, 0.15) is 31.9 Å². The van der Waals surface area contributed by atoms with Crippen molar-refractivity contribution in [2.45, 2.75) is 32.4 Å². The molecule has 2 unspecified atom stereocenters. The predicted octanol–water partition coefficient (Wildman–Crippen LogP) is 2.14. The number of halogens is 1. The quantitative estimate of drug-likeness (QED) is 0.922. The predicted molar refractivity (Wildman–Crippen MR) is 73.8 cm³/mol. The van der Waals surface area contributed by atoms with Gasteiger partial charge in [-0.05, 0) is 31.0 Å². The molecule has 1 aliphatic rings. The first-order valence-electron chi connectivity index (χ1n) is 6.38. The van der Waals surface area contributed by atoms with E-state index in [9.17, 15) is 9.59 Å². The lowest BCUT2D eigenvalue weighted by molar-refractivity contribution is -0.146. The molecule has 2 amide bonds. The molecule has 0 radical (unpaired) electrons. The lowest BCUT2D eigenvalue weighted by Crippen LogP contribution is -2.58. The highest BCUT2D eigenvalue weighted by Gasteiger charge is 2.34. The van der Waals surface area contributed by atoms with Crippen molar-refractivity contribution in [3.05, 3.63) is 34.9 Å². The van der Waals surface area contributed by atoms with Gasteiger partial charge in [0.15, 0.2) is 0 Å². The second-order valence-corrected chi connectivity index (χ2v) is 5.16. The Balaban J connectivity index is 2.21. The molecule has 0 aromatic heterocycles. The molecule has 19 heavy (non-hydrogen) atoms. The molecule has 0 saturated carbocycles. The van der Waals surface area contributed by atoms with Gasteiger partial charge in [-0.25, -0.2) is 0 Å². The molecule has 102 valence electrons. The van der Waals surface area contributed by atoms with Gasteiger partial charge in [-0.2, -0.15) is 0 Å². The maximum atomic E-state index is 12.3. The van der Waals surface area contributed by atoms with Gasteiger partial charge in [0.2, 0.25) is 11.8 Å². The fraction of sp³-hybridized carbons (Fsp3) is 0.429. The molecule has 1 saturated heterocycles. The topological polar surface area (TPSA) is 49.4 Å². The Morgan fingerprint density at radius 1 is 1.37 bits per heavy atom. The molecule has 1 aromatic carbocycles. The van der Waals surface area contributed by atoms with Crippen LogP contribution in [-0.4, -0.2) is 29.3 Å². The third-order valence-corrected chi connectivity index (χ3v) is 3.71. The smallest absolute Gasteiger partial charge is 0.246 e. The zero-order valence-corrected chi connectivity index (χ0v) is 11.8. The molecule has 1 N–H and O–H groups in total. The fourth-order valence-corrected chi connectivity index (χ4v) is 2.39. The summed E-state index contributed by atoms with van der Waals surface area (Å²) >= 11 is 5.85. The van der Waals surface area contributed by atoms with E-state index >= 15 is 0 Å². The van der Waals surface area contributed by atoms with E-state index in [1.54, 1.807) is 17.0 Å². The summed E-state index contributed by atoms with van der Waals surface area (Å²) in [6, 6.07) is 6.81. The first-order chi connectivity index (χ1) is 9.02. The molecule has 1 aliphatic heterocycles. The van der Waals surface area contributed by atoms with E-state index < -0.39 is 6.04 Å². The van der Waals surface area contributed by atoms with Crippen molar-refractivity contribution >= 4 is 23.4 Å². The summed E-state index contributed by atoms with van der Waals surface area (Å²) in [5, 5.41) is 3.37. The number of rotatable bonds is 3.